The minimum absolute atomic E-state index is 0.0446. The van der Waals surface area contributed by atoms with Crippen molar-refractivity contribution in [2.24, 2.45) is 5.41 Å². The SMILES string of the molecule is CC(C)(CNS(=O)(=O)Cc1ccccc1[N+](=O)[O-])C(=O)O. The number of sulfonamides is 1. The maximum absolute atomic E-state index is 11.9. The summed E-state index contributed by atoms with van der Waals surface area (Å²) in [6.45, 7) is 2.46. The molecule has 0 aliphatic rings. The highest BCUT2D eigenvalue weighted by atomic mass is 32.2. The fraction of sp³-hybridized carbons (Fsp3) is 0.417. The van der Waals surface area contributed by atoms with Crippen LogP contribution in [0.2, 0.25) is 0 Å². The number of nitrogens with zero attached hydrogens (tertiary/aromatic N) is 1. The first kappa shape index (κ1) is 17.1. The van der Waals surface area contributed by atoms with Gasteiger partial charge in [0, 0.05) is 18.2 Å². The fourth-order valence-corrected chi connectivity index (χ4v) is 2.77. The molecule has 0 amide bonds. The lowest BCUT2D eigenvalue weighted by molar-refractivity contribution is -0.385. The summed E-state index contributed by atoms with van der Waals surface area (Å²) in [5, 5.41) is 19.7. The van der Waals surface area contributed by atoms with E-state index in [1.54, 1.807) is 0 Å². The van der Waals surface area contributed by atoms with Gasteiger partial charge in [-0.1, -0.05) is 18.2 Å². The Labute approximate surface area is 122 Å². The molecule has 116 valence electrons. The van der Waals surface area contributed by atoms with E-state index in [9.17, 15) is 23.3 Å². The number of para-hydroxylation sites is 1. The number of hydrogen-bond acceptors (Lipinski definition) is 5. The van der Waals surface area contributed by atoms with Crippen molar-refractivity contribution in [1.82, 2.24) is 4.72 Å². The molecule has 0 spiro atoms. The second-order valence-electron chi connectivity index (χ2n) is 5.16. The number of carboxylic acid groups (broad SMARTS) is 1. The topological polar surface area (TPSA) is 127 Å². The smallest absolute Gasteiger partial charge is 0.310 e. The molecule has 1 rings (SSSR count). The van der Waals surface area contributed by atoms with Crippen molar-refractivity contribution < 1.29 is 23.2 Å². The summed E-state index contributed by atoms with van der Waals surface area (Å²) in [5.41, 5.74) is -1.51. The number of nitrogens with one attached hydrogen (secondary N) is 1. The summed E-state index contributed by atoms with van der Waals surface area (Å²) >= 11 is 0. The van der Waals surface area contributed by atoms with Crippen LogP contribution in [0.1, 0.15) is 19.4 Å². The van der Waals surface area contributed by atoms with Crippen LogP contribution in [0.15, 0.2) is 24.3 Å². The van der Waals surface area contributed by atoms with Crippen molar-refractivity contribution in [3.8, 4) is 0 Å². The van der Waals surface area contributed by atoms with Crippen molar-refractivity contribution in [1.29, 1.82) is 0 Å². The quantitative estimate of drug-likeness (QED) is 0.573. The van der Waals surface area contributed by atoms with Crippen LogP contribution in [-0.4, -0.2) is 31.0 Å². The van der Waals surface area contributed by atoms with E-state index in [1.807, 2.05) is 0 Å². The monoisotopic (exact) mass is 316 g/mol. The highest BCUT2D eigenvalue weighted by molar-refractivity contribution is 7.88. The third kappa shape index (κ3) is 4.80. The molecule has 0 bridgehead atoms. The first-order chi connectivity index (χ1) is 9.55. The number of nitro groups is 1. The molecular formula is C12H16N2O6S. The molecule has 8 nitrogen and oxygen atoms in total. The molecule has 9 heteroatoms. The normalized spacial score (nSPS) is 12.1. The van der Waals surface area contributed by atoms with Gasteiger partial charge in [0.1, 0.15) is 0 Å². The Morgan fingerprint density at radius 2 is 1.95 bits per heavy atom. The van der Waals surface area contributed by atoms with Crippen LogP contribution in [0.4, 0.5) is 5.69 Å². The van der Waals surface area contributed by atoms with E-state index in [1.165, 1.54) is 38.1 Å². The first-order valence-electron chi connectivity index (χ1n) is 5.98. The average Bonchev–Trinajstić information content (AvgIpc) is 2.36. The van der Waals surface area contributed by atoms with Crippen LogP contribution in [0.25, 0.3) is 0 Å². The molecule has 21 heavy (non-hydrogen) atoms. The van der Waals surface area contributed by atoms with Crippen molar-refractivity contribution in [2.45, 2.75) is 19.6 Å². The van der Waals surface area contributed by atoms with Gasteiger partial charge >= 0.3 is 5.97 Å². The van der Waals surface area contributed by atoms with E-state index in [0.717, 1.165) is 0 Å². The van der Waals surface area contributed by atoms with Crippen molar-refractivity contribution in [3.63, 3.8) is 0 Å². The zero-order valence-electron chi connectivity index (χ0n) is 11.6. The Bertz CT molecular complexity index is 653. The largest absolute Gasteiger partial charge is 0.481 e. The van der Waals surface area contributed by atoms with Gasteiger partial charge < -0.3 is 5.11 Å². The van der Waals surface area contributed by atoms with Crippen molar-refractivity contribution in [2.75, 3.05) is 6.54 Å². The second-order valence-corrected chi connectivity index (χ2v) is 6.96. The van der Waals surface area contributed by atoms with Crippen LogP contribution in [0.5, 0.6) is 0 Å². The van der Waals surface area contributed by atoms with Crippen LogP contribution in [0.3, 0.4) is 0 Å². The lowest BCUT2D eigenvalue weighted by Gasteiger charge is -2.19. The summed E-state index contributed by atoms with van der Waals surface area (Å²) in [4.78, 5) is 21.1. The summed E-state index contributed by atoms with van der Waals surface area (Å²) in [6.07, 6.45) is 0. The Balaban J connectivity index is 2.87. The third-order valence-electron chi connectivity index (χ3n) is 2.85. The summed E-state index contributed by atoms with van der Waals surface area (Å²) in [6, 6.07) is 5.50. The van der Waals surface area contributed by atoms with Gasteiger partial charge in [-0.25, -0.2) is 13.1 Å². The van der Waals surface area contributed by atoms with Crippen molar-refractivity contribution in [3.05, 3.63) is 39.9 Å². The van der Waals surface area contributed by atoms with Gasteiger partial charge in [-0.15, -0.1) is 0 Å². The Kier molecular flexibility index (Phi) is 5.02. The van der Waals surface area contributed by atoms with Gasteiger partial charge in [0.15, 0.2) is 0 Å². The lowest BCUT2D eigenvalue weighted by Crippen LogP contribution is -2.39. The first-order valence-corrected chi connectivity index (χ1v) is 7.63. The number of aliphatic carboxylic acids is 1. The second kappa shape index (κ2) is 6.19. The standard InChI is InChI=1S/C12H16N2O6S/c1-12(2,11(15)16)8-13-21(19,20)7-9-5-3-4-6-10(9)14(17)18/h3-6,13H,7-8H2,1-2H3,(H,15,16). The van der Waals surface area contributed by atoms with E-state index in [-0.39, 0.29) is 17.8 Å². The molecule has 0 radical (unpaired) electrons. The molecule has 0 fully saturated rings. The number of carbonyl (C=O) groups is 1. The van der Waals surface area contributed by atoms with Gasteiger partial charge in [0.2, 0.25) is 10.0 Å². The van der Waals surface area contributed by atoms with Crippen LogP contribution in [0, 0.1) is 15.5 Å². The van der Waals surface area contributed by atoms with E-state index in [0.29, 0.717) is 0 Å². The van der Waals surface area contributed by atoms with E-state index in [2.05, 4.69) is 4.72 Å². The number of nitro benzene ring substituents is 1. The number of hydrogen-bond donors (Lipinski definition) is 2. The molecule has 0 aliphatic heterocycles. The maximum Gasteiger partial charge on any atom is 0.310 e. The van der Waals surface area contributed by atoms with Gasteiger partial charge in [0.25, 0.3) is 5.69 Å². The average molecular weight is 316 g/mol. The maximum atomic E-state index is 11.9. The third-order valence-corrected chi connectivity index (χ3v) is 4.12. The molecule has 0 unspecified atom stereocenters. The van der Waals surface area contributed by atoms with Gasteiger partial charge in [0.05, 0.1) is 16.1 Å². The van der Waals surface area contributed by atoms with Gasteiger partial charge in [-0.05, 0) is 13.8 Å². The molecule has 0 aliphatic carbocycles. The van der Waals surface area contributed by atoms with Gasteiger partial charge in [-0.2, -0.15) is 0 Å². The molecule has 0 heterocycles. The van der Waals surface area contributed by atoms with Crippen LogP contribution >= 0.6 is 0 Å². The summed E-state index contributed by atoms with van der Waals surface area (Å²) in [7, 11) is -3.88. The number of rotatable bonds is 7. The predicted octanol–water partition coefficient (Wildman–Crippen LogP) is 1.12. The van der Waals surface area contributed by atoms with Crippen LogP contribution in [-0.2, 0) is 20.6 Å². The molecule has 0 atom stereocenters. The number of carboxylic acids is 1. The molecular weight excluding hydrogens is 300 g/mol. The molecule has 1 aromatic rings. The fourth-order valence-electron chi connectivity index (χ4n) is 1.43. The summed E-state index contributed by atoms with van der Waals surface area (Å²) < 4.78 is 26.0. The Hall–Kier alpha value is -2.00. The highest BCUT2D eigenvalue weighted by Gasteiger charge is 2.29. The molecule has 1 aromatic carbocycles. The Morgan fingerprint density at radius 3 is 2.48 bits per heavy atom. The Morgan fingerprint density at radius 1 is 1.38 bits per heavy atom. The van der Waals surface area contributed by atoms with Crippen LogP contribution < -0.4 is 4.72 Å². The van der Waals surface area contributed by atoms with E-state index >= 15 is 0 Å². The van der Waals surface area contributed by atoms with Gasteiger partial charge in [-0.3, -0.25) is 14.9 Å². The van der Waals surface area contributed by atoms with E-state index in [4.69, 9.17) is 5.11 Å². The minimum Gasteiger partial charge on any atom is -0.481 e. The highest BCUT2D eigenvalue weighted by Crippen LogP contribution is 2.20. The zero-order chi connectivity index (χ0) is 16.3. The number of benzene rings is 1. The predicted molar refractivity (Wildman–Crippen MR) is 75.1 cm³/mol. The minimum atomic E-state index is -3.88. The summed E-state index contributed by atoms with van der Waals surface area (Å²) in [5.74, 6) is -1.73. The zero-order valence-corrected chi connectivity index (χ0v) is 12.4. The molecule has 0 aromatic heterocycles. The van der Waals surface area contributed by atoms with E-state index < -0.39 is 32.1 Å². The van der Waals surface area contributed by atoms with Crippen molar-refractivity contribution >= 4 is 21.7 Å². The molecule has 0 saturated carbocycles. The molecule has 0 saturated heterocycles. The lowest BCUT2D eigenvalue weighted by atomic mass is 9.95. The molecule has 2 N–H and O–H groups in total.